The lowest BCUT2D eigenvalue weighted by Gasteiger charge is -2.26. The number of rotatable bonds is 8. The van der Waals surface area contributed by atoms with Crippen molar-refractivity contribution in [1.29, 1.82) is 0 Å². The fraction of sp³-hybridized carbons (Fsp3) is 0.348. The first-order valence-electron chi connectivity index (χ1n) is 9.94. The van der Waals surface area contributed by atoms with Crippen LogP contribution in [0.2, 0.25) is 0 Å². The Kier molecular flexibility index (Phi) is 6.72. The predicted octanol–water partition coefficient (Wildman–Crippen LogP) is 2.82. The highest BCUT2D eigenvalue weighted by atomic mass is 16.5. The van der Waals surface area contributed by atoms with Crippen molar-refractivity contribution < 1.29 is 23.9 Å². The van der Waals surface area contributed by atoms with Crippen LogP contribution in [0.4, 0.5) is 5.69 Å². The number of carbonyl (C=O) groups is 3. The molecule has 0 N–H and O–H groups in total. The highest BCUT2D eigenvalue weighted by Gasteiger charge is 2.43. The Labute approximate surface area is 176 Å². The molecule has 0 spiro atoms. The minimum absolute atomic E-state index is 0.0196. The van der Waals surface area contributed by atoms with Crippen LogP contribution in [-0.4, -0.2) is 48.9 Å². The van der Waals surface area contributed by atoms with Crippen LogP contribution >= 0.6 is 0 Å². The fourth-order valence-electron chi connectivity index (χ4n) is 3.56. The summed E-state index contributed by atoms with van der Waals surface area (Å²) in [7, 11) is 1.60. The largest absolute Gasteiger partial charge is 0.497 e. The maximum absolute atomic E-state index is 13.0. The van der Waals surface area contributed by atoms with Crippen LogP contribution in [0.15, 0.2) is 48.5 Å². The monoisotopic (exact) mass is 410 g/mol. The molecule has 30 heavy (non-hydrogen) atoms. The number of anilines is 1. The Morgan fingerprint density at radius 3 is 2.27 bits per heavy atom. The Bertz CT molecular complexity index is 908. The van der Waals surface area contributed by atoms with Crippen LogP contribution in [0.3, 0.4) is 0 Å². The zero-order chi connectivity index (χ0) is 21.7. The average molecular weight is 410 g/mol. The lowest BCUT2D eigenvalue weighted by Crippen LogP contribution is -2.45. The molecule has 1 heterocycles. The highest BCUT2D eigenvalue weighted by molar-refractivity contribution is 6.23. The SMILES string of the molecule is CCOc1ccc(N2C(=O)CC(N(CCc3ccc(OC)cc3)C(C)=O)C2=O)cc1. The van der Waals surface area contributed by atoms with Crippen LogP contribution in [0, 0.1) is 0 Å². The number of hydrogen-bond donors (Lipinski definition) is 0. The molecular weight excluding hydrogens is 384 g/mol. The van der Waals surface area contributed by atoms with Crippen molar-refractivity contribution >= 4 is 23.4 Å². The zero-order valence-electron chi connectivity index (χ0n) is 17.5. The molecule has 1 unspecified atom stereocenters. The van der Waals surface area contributed by atoms with Gasteiger partial charge in [0.15, 0.2) is 0 Å². The Hall–Kier alpha value is -3.35. The van der Waals surface area contributed by atoms with Gasteiger partial charge in [0, 0.05) is 13.5 Å². The Morgan fingerprint density at radius 1 is 1.07 bits per heavy atom. The predicted molar refractivity (Wildman–Crippen MR) is 113 cm³/mol. The summed E-state index contributed by atoms with van der Waals surface area (Å²) < 4.78 is 10.6. The van der Waals surface area contributed by atoms with E-state index >= 15 is 0 Å². The molecule has 1 fully saturated rings. The first kappa shape index (κ1) is 21.4. The summed E-state index contributed by atoms with van der Waals surface area (Å²) in [4.78, 5) is 40.5. The van der Waals surface area contributed by atoms with Crippen LogP contribution in [0.25, 0.3) is 0 Å². The molecule has 158 valence electrons. The summed E-state index contributed by atoms with van der Waals surface area (Å²) in [6.07, 6.45) is 0.554. The van der Waals surface area contributed by atoms with Crippen molar-refractivity contribution in [1.82, 2.24) is 4.90 Å². The van der Waals surface area contributed by atoms with Gasteiger partial charge in [-0.1, -0.05) is 12.1 Å². The number of amides is 3. The number of methoxy groups -OCH3 is 1. The van der Waals surface area contributed by atoms with Crippen molar-refractivity contribution in [3.8, 4) is 11.5 Å². The second kappa shape index (κ2) is 9.43. The van der Waals surface area contributed by atoms with E-state index in [2.05, 4.69) is 0 Å². The number of carbonyl (C=O) groups excluding carboxylic acids is 3. The molecule has 7 heteroatoms. The minimum atomic E-state index is -0.792. The van der Waals surface area contributed by atoms with E-state index in [4.69, 9.17) is 9.47 Å². The van der Waals surface area contributed by atoms with E-state index in [1.807, 2.05) is 31.2 Å². The molecule has 0 aliphatic carbocycles. The topological polar surface area (TPSA) is 76.2 Å². The maximum Gasteiger partial charge on any atom is 0.257 e. The number of ether oxygens (including phenoxy) is 2. The van der Waals surface area contributed by atoms with Gasteiger partial charge in [0.1, 0.15) is 17.5 Å². The number of imide groups is 1. The summed E-state index contributed by atoms with van der Waals surface area (Å²) in [5, 5.41) is 0. The molecular formula is C23H26N2O5. The van der Waals surface area contributed by atoms with Gasteiger partial charge < -0.3 is 14.4 Å². The molecule has 7 nitrogen and oxygen atoms in total. The normalized spacial score (nSPS) is 16.0. The van der Waals surface area contributed by atoms with E-state index in [9.17, 15) is 14.4 Å². The summed E-state index contributed by atoms with van der Waals surface area (Å²) in [6, 6.07) is 13.6. The molecule has 1 atom stereocenters. The van der Waals surface area contributed by atoms with Crippen molar-refractivity contribution in [2.75, 3.05) is 25.2 Å². The quantitative estimate of drug-likeness (QED) is 0.626. The molecule has 3 rings (SSSR count). The van der Waals surface area contributed by atoms with Gasteiger partial charge >= 0.3 is 0 Å². The number of benzene rings is 2. The van der Waals surface area contributed by atoms with Crippen molar-refractivity contribution in [2.45, 2.75) is 32.7 Å². The molecule has 3 amide bonds. The maximum atomic E-state index is 13.0. The first-order valence-corrected chi connectivity index (χ1v) is 9.94. The van der Waals surface area contributed by atoms with E-state index in [0.29, 0.717) is 31.0 Å². The second-order valence-electron chi connectivity index (χ2n) is 7.02. The fourth-order valence-corrected chi connectivity index (χ4v) is 3.56. The molecule has 0 radical (unpaired) electrons. The Balaban J connectivity index is 1.72. The van der Waals surface area contributed by atoms with Gasteiger partial charge in [-0.15, -0.1) is 0 Å². The molecule has 0 saturated carbocycles. The first-order chi connectivity index (χ1) is 14.4. The van der Waals surface area contributed by atoms with Crippen LogP contribution in [0.5, 0.6) is 11.5 Å². The van der Waals surface area contributed by atoms with Crippen LogP contribution < -0.4 is 14.4 Å². The average Bonchev–Trinajstić information content (AvgIpc) is 3.03. The summed E-state index contributed by atoms with van der Waals surface area (Å²) in [6.45, 7) is 4.19. The third kappa shape index (κ3) is 4.62. The molecule has 0 aromatic heterocycles. The highest BCUT2D eigenvalue weighted by Crippen LogP contribution is 2.27. The lowest BCUT2D eigenvalue weighted by atomic mass is 10.1. The molecule has 2 aromatic carbocycles. The molecule has 1 aliphatic rings. The van der Waals surface area contributed by atoms with Gasteiger partial charge in [-0.3, -0.25) is 14.4 Å². The van der Waals surface area contributed by atoms with Gasteiger partial charge in [-0.2, -0.15) is 0 Å². The van der Waals surface area contributed by atoms with Crippen molar-refractivity contribution in [3.05, 3.63) is 54.1 Å². The number of nitrogens with zero attached hydrogens (tertiary/aromatic N) is 2. The molecule has 1 aliphatic heterocycles. The third-order valence-electron chi connectivity index (χ3n) is 5.11. The molecule has 1 saturated heterocycles. The summed E-state index contributed by atoms with van der Waals surface area (Å²) in [5.74, 6) is 0.494. The van der Waals surface area contributed by atoms with E-state index < -0.39 is 6.04 Å². The third-order valence-corrected chi connectivity index (χ3v) is 5.11. The zero-order valence-corrected chi connectivity index (χ0v) is 17.5. The molecule has 2 aromatic rings. The summed E-state index contributed by atoms with van der Waals surface area (Å²) in [5.41, 5.74) is 1.50. The lowest BCUT2D eigenvalue weighted by molar-refractivity contribution is -0.136. The van der Waals surface area contributed by atoms with E-state index in [1.165, 1.54) is 11.8 Å². The number of hydrogen-bond acceptors (Lipinski definition) is 5. The minimum Gasteiger partial charge on any atom is -0.497 e. The molecule has 0 bridgehead atoms. The second-order valence-corrected chi connectivity index (χ2v) is 7.02. The van der Waals surface area contributed by atoms with Gasteiger partial charge in [-0.05, 0) is 55.3 Å². The Morgan fingerprint density at radius 2 is 1.70 bits per heavy atom. The van der Waals surface area contributed by atoms with Crippen LogP contribution in [0.1, 0.15) is 25.8 Å². The van der Waals surface area contributed by atoms with Crippen LogP contribution in [-0.2, 0) is 20.8 Å². The smallest absolute Gasteiger partial charge is 0.257 e. The van der Waals surface area contributed by atoms with Gasteiger partial charge in [-0.25, -0.2) is 4.90 Å². The van der Waals surface area contributed by atoms with Gasteiger partial charge in [0.05, 0.1) is 25.8 Å². The van der Waals surface area contributed by atoms with Gasteiger partial charge in [0.2, 0.25) is 11.8 Å². The standard InChI is InChI=1S/C23H26N2O5/c1-4-30-20-11-7-18(8-12-20)25-22(27)15-21(23(25)28)24(16(2)26)14-13-17-5-9-19(29-3)10-6-17/h5-12,21H,4,13-15H2,1-3H3. The van der Waals surface area contributed by atoms with E-state index in [-0.39, 0.29) is 24.1 Å². The summed E-state index contributed by atoms with van der Waals surface area (Å²) >= 11 is 0. The van der Waals surface area contributed by atoms with Gasteiger partial charge in [0.25, 0.3) is 5.91 Å². The van der Waals surface area contributed by atoms with E-state index in [1.54, 1.807) is 31.4 Å². The van der Waals surface area contributed by atoms with E-state index in [0.717, 1.165) is 16.2 Å². The van der Waals surface area contributed by atoms with Crippen molar-refractivity contribution in [2.24, 2.45) is 0 Å². The van der Waals surface area contributed by atoms with Crippen molar-refractivity contribution in [3.63, 3.8) is 0 Å².